The average Bonchev–Trinajstić information content (AvgIpc) is 2.45. The zero-order valence-corrected chi connectivity index (χ0v) is 11.3. The van der Waals surface area contributed by atoms with Crippen molar-refractivity contribution in [2.75, 3.05) is 14.1 Å². The van der Waals surface area contributed by atoms with E-state index in [0.717, 1.165) is 22.4 Å². The number of para-hydroxylation sites is 1. The Hall–Kier alpha value is -2.53. The van der Waals surface area contributed by atoms with E-state index in [1.54, 1.807) is 4.90 Å². The van der Waals surface area contributed by atoms with Gasteiger partial charge < -0.3 is 0 Å². The Morgan fingerprint density at radius 1 is 1.00 bits per heavy atom. The molecule has 0 N–H and O–H groups in total. The molecule has 0 aliphatic rings. The van der Waals surface area contributed by atoms with Crippen molar-refractivity contribution in [2.24, 2.45) is 0 Å². The molecule has 0 amide bonds. The molecule has 19 heavy (non-hydrogen) atoms. The van der Waals surface area contributed by atoms with Gasteiger partial charge in [0.2, 0.25) is 5.69 Å². The maximum atomic E-state index is 4.37. The molecular formula is C17H17N2+. The molecule has 2 nitrogen and oxygen atoms in total. The number of hydrogen-bond donors (Lipinski definition) is 0. The third kappa shape index (κ3) is 3.23. The van der Waals surface area contributed by atoms with Crippen LogP contribution in [0.2, 0.25) is 0 Å². The second kappa shape index (κ2) is 5.88. The fraction of sp³-hybridized carbons (Fsp3) is 0.118. The summed E-state index contributed by atoms with van der Waals surface area (Å²) in [6.07, 6.45) is 2.93. The van der Waals surface area contributed by atoms with Crippen molar-refractivity contribution < 1.29 is 0 Å². The smallest absolute Gasteiger partial charge is 0.215 e. The molecule has 2 aromatic carbocycles. The third-order valence-electron chi connectivity index (χ3n) is 2.72. The molecule has 0 spiro atoms. The van der Waals surface area contributed by atoms with E-state index in [4.69, 9.17) is 0 Å². The zero-order valence-electron chi connectivity index (χ0n) is 11.3. The van der Waals surface area contributed by atoms with Gasteiger partial charge in [0.05, 0.1) is 14.1 Å². The Kier molecular flexibility index (Phi) is 4.00. The van der Waals surface area contributed by atoms with Crippen molar-refractivity contribution >= 4 is 11.3 Å². The lowest BCUT2D eigenvalue weighted by atomic mass is 9.98. The number of benzene rings is 2. The van der Waals surface area contributed by atoms with Crippen molar-refractivity contribution in [3.63, 3.8) is 0 Å². The van der Waals surface area contributed by atoms with Crippen LogP contribution in [0.5, 0.6) is 0 Å². The standard InChI is InChI=1S/C17H17N2/c1-14(15-9-5-4-6-10-15)16-11-7-8-12-17(16)18-13-19(2)3/h4-12H,1H2,2-3H3/q+1. The molecule has 0 aromatic heterocycles. The Balaban J connectivity index is 2.41. The maximum absolute atomic E-state index is 4.37. The fourth-order valence-electron chi connectivity index (χ4n) is 1.78. The molecule has 0 aliphatic carbocycles. The monoisotopic (exact) mass is 249 g/mol. The molecule has 0 saturated carbocycles. The van der Waals surface area contributed by atoms with Crippen molar-refractivity contribution in [1.82, 2.24) is 4.90 Å². The first-order chi connectivity index (χ1) is 9.18. The summed E-state index contributed by atoms with van der Waals surface area (Å²) in [5.74, 6) is 0. The number of nitrogens with zero attached hydrogens (tertiary/aromatic N) is 2. The molecule has 0 fully saturated rings. The number of hydrogen-bond acceptors (Lipinski definition) is 1. The van der Waals surface area contributed by atoms with E-state index >= 15 is 0 Å². The minimum Gasteiger partial charge on any atom is -0.215 e. The van der Waals surface area contributed by atoms with E-state index in [-0.39, 0.29) is 0 Å². The molecule has 2 rings (SSSR count). The second-order valence-electron chi connectivity index (χ2n) is 4.47. The van der Waals surface area contributed by atoms with Gasteiger partial charge in [0.1, 0.15) is 0 Å². The molecule has 0 unspecified atom stereocenters. The first kappa shape index (κ1) is 12.9. The molecule has 0 heterocycles. The maximum Gasteiger partial charge on any atom is 0.377 e. The Labute approximate surface area is 114 Å². The summed E-state index contributed by atoms with van der Waals surface area (Å²) >= 11 is 0. The quantitative estimate of drug-likeness (QED) is 0.571. The summed E-state index contributed by atoms with van der Waals surface area (Å²) in [5.41, 5.74) is 3.99. The summed E-state index contributed by atoms with van der Waals surface area (Å²) in [6, 6.07) is 18.1. The van der Waals surface area contributed by atoms with Crippen molar-refractivity contribution in [2.45, 2.75) is 0 Å². The summed E-state index contributed by atoms with van der Waals surface area (Å²) < 4.78 is 0. The lowest BCUT2D eigenvalue weighted by Crippen LogP contribution is -1.99. The van der Waals surface area contributed by atoms with Gasteiger partial charge in [0.15, 0.2) is 0 Å². The van der Waals surface area contributed by atoms with Crippen LogP contribution < -0.4 is 0 Å². The van der Waals surface area contributed by atoms with E-state index < -0.39 is 0 Å². The van der Waals surface area contributed by atoms with Crippen molar-refractivity contribution in [3.05, 3.63) is 77.1 Å². The predicted molar refractivity (Wildman–Crippen MR) is 81.6 cm³/mol. The molecule has 0 saturated heterocycles. The van der Waals surface area contributed by atoms with Gasteiger partial charge >= 0.3 is 6.19 Å². The van der Waals surface area contributed by atoms with E-state index in [2.05, 4.69) is 29.7 Å². The van der Waals surface area contributed by atoms with Gasteiger partial charge in [-0.05, 0) is 17.2 Å². The normalized spacial score (nSPS) is 9.37. The minimum atomic E-state index is 0.880. The van der Waals surface area contributed by atoms with Gasteiger partial charge in [-0.15, -0.1) is 0 Å². The largest absolute Gasteiger partial charge is 0.377 e. The summed E-state index contributed by atoms with van der Waals surface area (Å²) in [7, 11) is 3.80. The zero-order chi connectivity index (χ0) is 13.7. The van der Waals surface area contributed by atoms with Gasteiger partial charge in [0, 0.05) is 11.6 Å². The van der Waals surface area contributed by atoms with E-state index in [0.29, 0.717) is 0 Å². The average molecular weight is 249 g/mol. The lowest BCUT2D eigenvalue weighted by Gasteiger charge is -2.05. The highest BCUT2D eigenvalue weighted by Gasteiger charge is 2.10. The van der Waals surface area contributed by atoms with Gasteiger partial charge in [-0.25, -0.2) is 4.90 Å². The highest BCUT2D eigenvalue weighted by molar-refractivity contribution is 5.85. The molecule has 2 heteroatoms. The third-order valence-corrected chi connectivity index (χ3v) is 2.72. The Morgan fingerprint density at radius 2 is 1.63 bits per heavy atom. The van der Waals surface area contributed by atoms with Gasteiger partial charge in [-0.2, -0.15) is 4.85 Å². The fourth-order valence-corrected chi connectivity index (χ4v) is 1.78. The summed E-state index contributed by atoms with van der Waals surface area (Å²) in [5, 5.41) is 0. The van der Waals surface area contributed by atoms with Gasteiger partial charge in [0.25, 0.3) is 0 Å². The van der Waals surface area contributed by atoms with E-state index in [1.165, 1.54) is 0 Å². The molecular weight excluding hydrogens is 232 g/mol. The van der Waals surface area contributed by atoms with Crippen LogP contribution in [-0.4, -0.2) is 19.0 Å². The Bertz CT molecular complexity index is 631. The van der Waals surface area contributed by atoms with Crippen LogP contribution >= 0.6 is 0 Å². The first-order valence-electron chi connectivity index (χ1n) is 6.16. The molecule has 0 atom stereocenters. The molecule has 0 aliphatic heterocycles. The molecule has 2 aromatic rings. The van der Waals surface area contributed by atoms with Crippen LogP contribution in [0.1, 0.15) is 11.1 Å². The van der Waals surface area contributed by atoms with Crippen LogP contribution in [0.25, 0.3) is 10.4 Å². The topological polar surface area (TPSA) is 7.60 Å². The van der Waals surface area contributed by atoms with Gasteiger partial charge in [-0.3, -0.25) is 0 Å². The molecule has 0 bridgehead atoms. The van der Waals surface area contributed by atoms with Crippen molar-refractivity contribution in [1.29, 1.82) is 0 Å². The Morgan fingerprint density at radius 3 is 2.32 bits per heavy atom. The highest BCUT2D eigenvalue weighted by atomic mass is 15.1. The summed E-state index contributed by atoms with van der Waals surface area (Å²) in [4.78, 5) is 6.16. The highest BCUT2D eigenvalue weighted by Crippen LogP contribution is 2.29. The second-order valence-corrected chi connectivity index (χ2v) is 4.47. The SMILES string of the molecule is C=C(c1ccccc1)c1ccccc1[N+]#CN(C)C. The predicted octanol–water partition coefficient (Wildman–Crippen LogP) is 4.23. The summed E-state index contributed by atoms with van der Waals surface area (Å²) in [6.45, 7) is 4.18. The number of rotatable bonds is 2. The first-order valence-corrected chi connectivity index (χ1v) is 6.16. The van der Waals surface area contributed by atoms with Crippen LogP contribution in [0, 0.1) is 6.19 Å². The molecule has 0 radical (unpaired) electrons. The van der Waals surface area contributed by atoms with E-state index in [9.17, 15) is 0 Å². The lowest BCUT2D eigenvalue weighted by molar-refractivity contribution is 0.596. The van der Waals surface area contributed by atoms with E-state index in [1.807, 2.05) is 56.6 Å². The van der Waals surface area contributed by atoms with Crippen LogP contribution in [-0.2, 0) is 0 Å². The van der Waals surface area contributed by atoms with Crippen molar-refractivity contribution in [3.8, 4) is 6.19 Å². The van der Waals surface area contributed by atoms with Gasteiger partial charge in [-0.1, -0.05) is 49.0 Å². The van der Waals surface area contributed by atoms with Crippen LogP contribution in [0.15, 0.2) is 61.2 Å². The minimum absolute atomic E-state index is 0.880. The molecule has 94 valence electrons. The van der Waals surface area contributed by atoms with Crippen LogP contribution in [0.3, 0.4) is 0 Å². The van der Waals surface area contributed by atoms with Crippen LogP contribution in [0.4, 0.5) is 5.69 Å².